The Morgan fingerprint density at radius 3 is 2.26 bits per heavy atom. The Labute approximate surface area is 203 Å². The molecule has 35 heavy (non-hydrogen) atoms. The molecule has 5 rings (SSSR count). The molecule has 3 aromatic carbocycles. The van der Waals surface area contributed by atoms with Crippen LogP contribution in [0.25, 0.3) is 17.0 Å². The van der Waals surface area contributed by atoms with Crippen LogP contribution in [0.1, 0.15) is 29.2 Å². The van der Waals surface area contributed by atoms with Gasteiger partial charge in [-0.2, -0.15) is 0 Å². The Morgan fingerprint density at radius 1 is 0.857 bits per heavy atom. The average molecular weight is 464 g/mol. The van der Waals surface area contributed by atoms with Crippen molar-refractivity contribution in [3.05, 3.63) is 107 Å². The number of amides is 4. The number of barbiturate groups is 1. The minimum atomic E-state index is -0.747. The molecule has 4 aromatic rings. The summed E-state index contributed by atoms with van der Waals surface area (Å²) < 4.78 is 2.10. The molecule has 0 radical (unpaired) electrons. The van der Waals surface area contributed by atoms with Crippen LogP contribution in [0, 0.1) is 6.92 Å². The van der Waals surface area contributed by atoms with E-state index in [9.17, 15) is 14.4 Å². The first-order valence-corrected chi connectivity index (χ1v) is 11.6. The van der Waals surface area contributed by atoms with Gasteiger partial charge in [0.15, 0.2) is 0 Å². The summed E-state index contributed by atoms with van der Waals surface area (Å²) in [6.07, 6.45) is 4.36. The van der Waals surface area contributed by atoms with Crippen molar-refractivity contribution in [2.75, 3.05) is 4.90 Å². The van der Waals surface area contributed by atoms with Gasteiger partial charge in [-0.15, -0.1) is 0 Å². The van der Waals surface area contributed by atoms with Crippen molar-refractivity contribution in [1.82, 2.24) is 9.88 Å². The molecule has 0 bridgehead atoms. The van der Waals surface area contributed by atoms with Crippen molar-refractivity contribution >= 4 is 40.5 Å². The fraction of sp³-hybridized carbons (Fsp3) is 0.138. The number of carbonyl (C=O) groups is 3. The molecule has 0 saturated carbocycles. The van der Waals surface area contributed by atoms with Gasteiger partial charge in [-0.3, -0.25) is 14.9 Å². The van der Waals surface area contributed by atoms with Gasteiger partial charge in [0.25, 0.3) is 11.8 Å². The lowest BCUT2D eigenvalue weighted by Crippen LogP contribution is -2.54. The Bertz CT molecular complexity index is 1480. The minimum absolute atomic E-state index is 0.0811. The highest BCUT2D eigenvalue weighted by Gasteiger charge is 2.37. The van der Waals surface area contributed by atoms with Crippen molar-refractivity contribution in [2.24, 2.45) is 0 Å². The molecule has 0 unspecified atom stereocenters. The van der Waals surface area contributed by atoms with Crippen LogP contribution in [-0.4, -0.2) is 22.4 Å². The van der Waals surface area contributed by atoms with Gasteiger partial charge in [-0.05, 0) is 48.7 Å². The third kappa shape index (κ3) is 4.26. The lowest BCUT2D eigenvalue weighted by Gasteiger charge is -2.26. The van der Waals surface area contributed by atoms with Crippen molar-refractivity contribution in [2.45, 2.75) is 26.8 Å². The van der Waals surface area contributed by atoms with E-state index >= 15 is 0 Å². The summed E-state index contributed by atoms with van der Waals surface area (Å²) in [6.45, 7) is 4.73. The van der Waals surface area contributed by atoms with E-state index in [-0.39, 0.29) is 5.57 Å². The highest BCUT2D eigenvalue weighted by atomic mass is 16.2. The number of nitrogens with zero attached hydrogens (tertiary/aromatic N) is 2. The zero-order valence-electron chi connectivity index (χ0n) is 19.6. The molecular formula is C29H25N3O3. The van der Waals surface area contributed by atoms with Crippen LogP contribution >= 0.6 is 0 Å². The second-order valence-electron chi connectivity index (χ2n) is 8.69. The number of hydrogen-bond donors (Lipinski definition) is 1. The topological polar surface area (TPSA) is 71.4 Å². The minimum Gasteiger partial charge on any atom is -0.342 e. The number of benzene rings is 3. The van der Waals surface area contributed by atoms with Crippen molar-refractivity contribution < 1.29 is 14.4 Å². The predicted octanol–water partition coefficient (Wildman–Crippen LogP) is 5.23. The Hall–Kier alpha value is -4.45. The second kappa shape index (κ2) is 9.06. The molecule has 174 valence electrons. The summed E-state index contributed by atoms with van der Waals surface area (Å²) in [7, 11) is 0. The van der Waals surface area contributed by atoms with Crippen LogP contribution in [0.15, 0.2) is 84.6 Å². The van der Waals surface area contributed by atoms with Crippen molar-refractivity contribution in [3.63, 3.8) is 0 Å². The van der Waals surface area contributed by atoms with Gasteiger partial charge in [-0.25, -0.2) is 9.69 Å². The highest BCUT2D eigenvalue weighted by molar-refractivity contribution is 6.39. The first-order valence-electron chi connectivity index (χ1n) is 11.6. The highest BCUT2D eigenvalue weighted by Crippen LogP contribution is 2.27. The second-order valence-corrected chi connectivity index (χ2v) is 8.69. The summed E-state index contributed by atoms with van der Waals surface area (Å²) in [6, 6.07) is 22.6. The number of carbonyl (C=O) groups excluding carboxylic acids is 3. The lowest BCUT2D eigenvalue weighted by atomic mass is 10.1. The van der Waals surface area contributed by atoms with Gasteiger partial charge in [0, 0.05) is 29.2 Å². The lowest BCUT2D eigenvalue weighted by molar-refractivity contribution is -0.122. The zero-order valence-corrected chi connectivity index (χ0v) is 19.6. The van der Waals surface area contributed by atoms with Gasteiger partial charge >= 0.3 is 6.03 Å². The number of rotatable bonds is 5. The quantitative estimate of drug-likeness (QED) is 0.326. The largest absolute Gasteiger partial charge is 0.342 e. The maximum atomic E-state index is 13.3. The van der Waals surface area contributed by atoms with E-state index in [0.717, 1.165) is 38.9 Å². The normalized spacial score (nSPS) is 15.2. The third-order valence-corrected chi connectivity index (χ3v) is 6.30. The van der Waals surface area contributed by atoms with E-state index in [4.69, 9.17) is 0 Å². The van der Waals surface area contributed by atoms with E-state index < -0.39 is 17.8 Å². The van der Waals surface area contributed by atoms with Gasteiger partial charge in [0.1, 0.15) is 5.57 Å². The Kier molecular flexibility index (Phi) is 5.79. The molecule has 1 aliphatic rings. The van der Waals surface area contributed by atoms with Gasteiger partial charge < -0.3 is 4.57 Å². The van der Waals surface area contributed by atoms with Gasteiger partial charge in [0.2, 0.25) is 0 Å². The SMILES string of the molecule is CCc1ccc(N2C(=O)NC(=O)C(=Cc3cn(Cc4ccc(C)cc4)c4ccccc34)C2=O)cc1. The summed E-state index contributed by atoms with van der Waals surface area (Å²) in [5.74, 6) is -1.34. The van der Waals surface area contributed by atoms with E-state index in [1.807, 2.05) is 49.5 Å². The fourth-order valence-corrected chi connectivity index (χ4v) is 4.34. The summed E-state index contributed by atoms with van der Waals surface area (Å²) in [5, 5.41) is 3.23. The van der Waals surface area contributed by atoms with Gasteiger partial charge in [-0.1, -0.05) is 67.1 Å². The van der Waals surface area contributed by atoms with Crippen LogP contribution in [0.2, 0.25) is 0 Å². The number of aromatic nitrogens is 1. The molecule has 4 amide bonds. The summed E-state index contributed by atoms with van der Waals surface area (Å²) in [4.78, 5) is 39.6. The molecule has 1 aliphatic heterocycles. The molecular weight excluding hydrogens is 438 g/mol. The van der Waals surface area contributed by atoms with Crippen LogP contribution < -0.4 is 10.2 Å². The fourth-order valence-electron chi connectivity index (χ4n) is 4.34. The molecule has 0 atom stereocenters. The zero-order chi connectivity index (χ0) is 24.5. The molecule has 6 heteroatoms. The molecule has 1 N–H and O–H groups in total. The number of anilines is 1. The van der Waals surface area contributed by atoms with Crippen LogP contribution in [-0.2, 0) is 22.6 Å². The monoisotopic (exact) mass is 463 g/mol. The van der Waals surface area contributed by atoms with Gasteiger partial charge in [0.05, 0.1) is 5.69 Å². The number of para-hydroxylation sites is 1. The van der Waals surface area contributed by atoms with Crippen LogP contribution in [0.4, 0.5) is 10.5 Å². The van der Waals surface area contributed by atoms with E-state index in [1.54, 1.807) is 18.2 Å². The first-order chi connectivity index (χ1) is 16.9. The number of fused-ring (bicyclic) bond motifs is 1. The summed E-state index contributed by atoms with van der Waals surface area (Å²) >= 11 is 0. The molecule has 1 fully saturated rings. The third-order valence-electron chi connectivity index (χ3n) is 6.30. The standard InChI is InChI=1S/C29H25N3O3/c1-3-20-12-14-23(15-13-20)32-28(34)25(27(33)30-29(32)35)16-22-18-31(26-7-5-4-6-24(22)26)17-21-10-8-19(2)9-11-21/h4-16,18H,3,17H2,1-2H3,(H,30,33,35). The van der Waals surface area contributed by atoms with E-state index in [0.29, 0.717) is 12.2 Å². The number of hydrogen-bond acceptors (Lipinski definition) is 3. The molecule has 1 aromatic heterocycles. The van der Waals surface area contributed by atoms with E-state index in [1.165, 1.54) is 5.56 Å². The van der Waals surface area contributed by atoms with Crippen molar-refractivity contribution in [1.29, 1.82) is 0 Å². The molecule has 1 saturated heterocycles. The predicted molar refractivity (Wildman–Crippen MR) is 137 cm³/mol. The molecule has 0 aliphatic carbocycles. The maximum absolute atomic E-state index is 13.3. The molecule has 0 spiro atoms. The number of imide groups is 2. The number of urea groups is 1. The number of aryl methyl sites for hydroxylation is 2. The Morgan fingerprint density at radius 2 is 1.54 bits per heavy atom. The molecule has 2 heterocycles. The maximum Gasteiger partial charge on any atom is 0.335 e. The van der Waals surface area contributed by atoms with Crippen molar-refractivity contribution in [3.8, 4) is 0 Å². The smallest absolute Gasteiger partial charge is 0.335 e. The Balaban J connectivity index is 1.54. The van der Waals surface area contributed by atoms with Crippen LogP contribution in [0.3, 0.4) is 0 Å². The summed E-state index contributed by atoms with van der Waals surface area (Å²) in [5.41, 5.74) is 5.50. The number of nitrogens with one attached hydrogen (secondary N) is 1. The average Bonchev–Trinajstić information content (AvgIpc) is 3.20. The first kappa shape index (κ1) is 22.3. The van der Waals surface area contributed by atoms with E-state index in [2.05, 4.69) is 41.1 Å². The molecule has 6 nitrogen and oxygen atoms in total. The van der Waals surface area contributed by atoms with Crippen LogP contribution in [0.5, 0.6) is 0 Å².